The lowest BCUT2D eigenvalue weighted by Crippen LogP contribution is -1.84. The quantitative estimate of drug-likeness (QED) is 0.525. The van der Waals surface area contributed by atoms with E-state index in [9.17, 15) is 0 Å². The smallest absolute Gasteiger partial charge is 0.00992 e. The molecule has 0 aliphatic carbocycles. The van der Waals surface area contributed by atoms with Crippen molar-refractivity contribution in [1.29, 1.82) is 0 Å². The Morgan fingerprint density at radius 3 is 2.11 bits per heavy atom. The maximum absolute atomic E-state index is 3.92. The molecule has 3 aromatic rings. The first kappa shape index (κ1) is 10.8. The molecule has 0 heterocycles. The highest BCUT2D eigenvalue weighted by atomic mass is 14.1. The fraction of sp³-hybridized carbons (Fsp3) is 0. The molecule has 0 unspecified atom stereocenters. The van der Waals surface area contributed by atoms with Gasteiger partial charge in [0.15, 0.2) is 0 Å². The zero-order chi connectivity index (χ0) is 12.5. The van der Waals surface area contributed by atoms with Gasteiger partial charge in [0.2, 0.25) is 0 Å². The van der Waals surface area contributed by atoms with Crippen LogP contribution in [0.25, 0.3) is 33.7 Å². The van der Waals surface area contributed by atoms with E-state index in [1.165, 1.54) is 21.5 Å². The summed E-state index contributed by atoms with van der Waals surface area (Å²) in [6.45, 7) is 7.78. The summed E-state index contributed by atoms with van der Waals surface area (Å²) >= 11 is 0. The summed E-state index contributed by atoms with van der Waals surface area (Å²) in [5, 5.41) is 5.01. The van der Waals surface area contributed by atoms with Gasteiger partial charge in [-0.15, -0.1) is 0 Å². The highest BCUT2D eigenvalue weighted by Gasteiger charge is 2.04. The number of fused-ring (bicyclic) bond motifs is 2. The van der Waals surface area contributed by atoms with Crippen molar-refractivity contribution >= 4 is 33.7 Å². The van der Waals surface area contributed by atoms with Gasteiger partial charge in [-0.05, 0) is 44.8 Å². The van der Waals surface area contributed by atoms with Crippen LogP contribution in [-0.2, 0) is 0 Å². The van der Waals surface area contributed by atoms with Crippen LogP contribution in [0, 0.1) is 0 Å². The third-order valence-corrected chi connectivity index (χ3v) is 3.39. The van der Waals surface area contributed by atoms with Gasteiger partial charge in [0.1, 0.15) is 0 Å². The van der Waals surface area contributed by atoms with Gasteiger partial charge in [0.25, 0.3) is 0 Å². The maximum atomic E-state index is 3.92. The van der Waals surface area contributed by atoms with Crippen LogP contribution in [0.3, 0.4) is 0 Å². The van der Waals surface area contributed by atoms with E-state index in [0.29, 0.717) is 0 Å². The normalized spacial score (nSPS) is 10.7. The number of rotatable bonds is 2. The van der Waals surface area contributed by atoms with Gasteiger partial charge in [-0.25, -0.2) is 0 Å². The first-order valence-corrected chi connectivity index (χ1v) is 6.04. The molecule has 0 saturated carbocycles. The van der Waals surface area contributed by atoms with Crippen molar-refractivity contribution in [2.45, 2.75) is 0 Å². The highest BCUT2D eigenvalue weighted by molar-refractivity contribution is 6.03. The molecule has 0 atom stereocenters. The molecule has 86 valence electrons. The molecule has 0 N–H and O–H groups in total. The zero-order valence-corrected chi connectivity index (χ0v) is 10.2. The van der Waals surface area contributed by atoms with Crippen LogP contribution >= 0.6 is 0 Å². The number of benzene rings is 3. The Bertz CT molecular complexity index is 763. The average molecular weight is 230 g/mol. The van der Waals surface area contributed by atoms with Gasteiger partial charge >= 0.3 is 0 Å². The second kappa shape index (κ2) is 4.15. The summed E-state index contributed by atoms with van der Waals surface area (Å²) in [4.78, 5) is 0. The van der Waals surface area contributed by atoms with Crippen LogP contribution in [0.4, 0.5) is 0 Å². The molecule has 0 aliphatic rings. The molecule has 0 radical (unpaired) electrons. The molecule has 0 aliphatic heterocycles. The van der Waals surface area contributed by atoms with Crippen molar-refractivity contribution < 1.29 is 0 Å². The van der Waals surface area contributed by atoms with Gasteiger partial charge in [0.05, 0.1) is 0 Å². The summed E-state index contributed by atoms with van der Waals surface area (Å²) in [5.74, 6) is 0. The summed E-state index contributed by atoms with van der Waals surface area (Å²) in [6, 6.07) is 17.1. The highest BCUT2D eigenvalue weighted by Crippen LogP contribution is 2.28. The van der Waals surface area contributed by atoms with E-state index in [1.54, 1.807) is 0 Å². The predicted molar refractivity (Wildman–Crippen MR) is 81.6 cm³/mol. The van der Waals surface area contributed by atoms with E-state index in [1.807, 2.05) is 12.2 Å². The molecule has 0 fully saturated rings. The van der Waals surface area contributed by atoms with Crippen LogP contribution in [-0.4, -0.2) is 0 Å². The third-order valence-electron chi connectivity index (χ3n) is 3.39. The van der Waals surface area contributed by atoms with Gasteiger partial charge in [-0.3, -0.25) is 0 Å². The van der Waals surface area contributed by atoms with Crippen LogP contribution in [0.15, 0.2) is 61.7 Å². The largest absolute Gasteiger partial charge is 0.0984 e. The number of hydrogen-bond donors (Lipinski definition) is 0. The maximum Gasteiger partial charge on any atom is -0.00992 e. The minimum absolute atomic E-state index is 1.13. The summed E-state index contributed by atoms with van der Waals surface area (Å²) in [7, 11) is 0. The van der Waals surface area contributed by atoms with Crippen molar-refractivity contribution in [3.05, 3.63) is 72.8 Å². The molecule has 3 rings (SSSR count). The molecule has 0 saturated heterocycles. The molecule has 0 heteroatoms. The Balaban J connectivity index is 2.50. The first-order chi connectivity index (χ1) is 8.83. The lowest BCUT2D eigenvalue weighted by molar-refractivity contribution is 1.69. The molecule has 0 nitrogen and oxygen atoms in total. The second-order valence-electron chi connectivity index (χ2n) is 4.40. The standard InChI is InChI=1S/C18H14/c1-3-13-9-10-16-11-14-7-5-6-8-15(14)12-18(16)17(13)4-2/h3-12H,1-2H2. The first-order valence-electron chi connectivity index (χ1n) is 6.04. The lowest BCUT2D eigenvalue weighted by Gasteiger charge is -2.08. The number of hydrogen-bond acceptors (Lipinski definition) is 0. The Morgan fingerprint density at radius 1 is 0.722 bits per heavy atom. The Morgan fingerprint density at radius 2 is 1.44 bits per heavy atom. The minimum Gasteiger partial charge on any atom is -0.0984 e. The Hall–Kier alpha value is -2.34. The molecule has 0 bridgehead atoms. The lowest BCUT2D eigenvalue weighted by atomic mass is 9.96. The van der Waals surface area contributed by atoms with Gasteiger partial charge in [-0.2, -0.15) is 0 Å². The van der Waals surface area contributed by atoms with Crippen LogP contribution < -0.4 is 0 Å². The predicted octanol–water partition coefficient (Wildman–Crippen LogP) is 5.28. The van der Waals surface area contributed by atoms with Gasteiger partial charge in [-0.1, -0.05) is 61.7 Å². The van der Waals surface area contributed by atoms with Crippen molar-refractivity contribution in [3.63, 3.8) is 0 Å². The molecule has 0 amide bonds. The third kappa shape index (κ3) is 1.54. The summed E-state index contributed by atoms with van der Waals surface area (Å²) in [6.07, 6.45) is 3.79. The molecule has 0 spiro atoms. The molecular formula is C18H14. The van der Waals surface area contributed by atoms with Crippen LogP contribution in [0.1, 0.15) is 11.1 Å². The van der Waals surface area contributed by atoms with E-state index >= 15 is 0 Å². The molecule has 18 heavy (non-hydrogen) atoms. The van der Waals surface area contributed by atoms with Crippen LogP contribution in [0.2, 0.25) is 0 Å². The Kier molecular flexibility index (Phi) is 2.49. The van der Waals surface area contributed by atoms with Crippen molar-refractivity contribution in [2.75, 3.05) is 0 Å². The van der Waals surface area contributed by atoms with Crippen LogP contribution in [0.5, 0.6) is 0 Å². The fourth-order valence-electron chi connectivity index (χ4n) is 2.46. The van der Waals surface area contributed by atoms with Gasteiger partial charge < -0.3 is 0 Å². The fourth-order valence-corrected chi connectivity index (χ4v) is 2.46. The second-order valence-corrected chi connectivity index (χ2v) is 4.40. The van der Waals surface area contributed by atoms with E-state index in [0.717, 1.165) is 11.1 Å². The summed E-state index contributed by atoms with van der Waals surface area (Å²) < 4.78 is 0. The van der Waals surface area contributed by atoms with E-state index in [2.05, 4.69) is 61.7 Å². The van der Waals surface area contributed by atoms with Crippen molar-refractivity contribution in [1.82, 2.24) is 0 Å². The van der Waals surface area contributed by atoms with Crippen molar-refractivity contribution in [3.8, 4) is 0 Å². The molecular weight excluding hydrogens is 216 g/mol. The van der Waals surface area contributed by atoms with E-state index in [-0.39, 0.29) is 0 Å². The van der Waals surface area contributed by atoms with Gasteiger partial charge in [0, 0.05) is 0 Å². The Labute approximate surface area is 107 Å². The zero-order valence-electron chi connectivity index (χ0n) is 10.2. The summed E-state index contributed by atoms with van der Waals surface area (Å²) in [5.41, 5.74) is 2.29. The molecule has 3 aromatic carbocycles. The minimum atomic E-state index is 1.13. The molecule has 0 aromatic heterocycles. The monoisotopic (exact) mass is 230 g/mol. The average Bonchev–Trinajstić information content (AvgIpc) is 2.43. The SMILES string of the molecule is C=Cc1ccc2cc3ccccc3cc2c1C=C. The van der Waals surface area contributed by atoms with E-state index in [4.69, 9.17) is 0 Å². The van der Waals surface area contributed by atoms with E-state index < -0.39 is 0 Å². The topological polar surface area (TPSA) is 0 Å². The van der Waals surface area contributed by atoms with Crippen molar-refractivity contribution in [2.24, 2.45) is 0 Å².